The summed E-state index contributed by atoms with van der Waals surface area (Å²) >= 11 is 0. The molecule has 62 valence electrons. The molecule has 0 atom stereocenters. The van der Waals surface area contributed by atoms with Gasteiger partial charge in [0.25, 0.3) is 0 Å². The minimum atomic E-state index is -1.72. The monoisotopic (exact) mass is 162 g/mol. The third-order valence-corrected chi connectivity index (χ3v) is 4.70. The molecule has 0 fully saturated rings. The predicted molar refractivity (Wildman–Crippen MR) is 46.6 cm³/mol. The Morgan fingerprint density at radius 1 is 1.00 bits per heavy atom. The van der Waals surface area contributed by atoms with Gasteiger partial charge in [-0.2, -0.15) is 0 Å². The van der Waals surface area contributed by atoms with Crippen molar-refractivity contribution in [2.75, 3.05) is 27.7 Å². The molecule has 0 bridgehead atoms. The molecule has 0 heterocycles. The molecule has 0 aromatic carbocycles. The molecule has 0 saturated carbocycles. The molecule has 0 saturated heterocycles. The van der Waals surface area contributed by atoms with Gasteiger partial charge in [0, 0.05) is 0 Å². The van der Waals surface area contributed by atoms with Crippen molar-refractivity contribution >= 4 is 8.72 Å². The standard InChI is InChI=1S/C5H18N4Si/c1-5-9-10(6-2,7-3)8-4/h6-9H,5H2,1-4H3. The second-order valence-corrected chi connectivity index (χ2v) is 5.38. The number of nitrogens with one attached hydrogen (secondary N) is 4. The van der Waals surface area contributed by atoms with E-state index in [1.54, 1.807) is 0 Å². The number of hydrogen-bond donors (Lipinski definition) is 4. The van der Waals surface area contributed by atoms with Gasteiger partial charge >= 0.3 is 8.72 Å². The Hall–Kier alpha value is 0.0569. The Bertz CT molecular complexity index is 75.5. The maximum Gasteiger partial charge on any atom is 0.365 e. The summed E-state index contributed by atoms with van der Waals surface area (Å²) in [7, 11) is 4.12. The Labute approximate surface area is 64.1 Å². The lowest BCUT2D eigenvalue weighted by molar-refractivity contribution is 0.792. The van der Waals surface area contributed by atoms with Gasteiger partial charge in [0.2, 0.25) is 0 Å². The molecule has 0 aliphatic heterocycles. The van der Waals surface area contributed by atoms with Crippen LogP contribution in [0.4, 0.5) is 0 Å². The second-order valence-electron chi connectivity index (χ2n) is 2.03. The van der Waals surface area contributed by atoms with E-state index < -0.39 is 8.72 Å². The maximum atomic E-state index is 3.35. The third-order valence-electron chi connectivity index (χ3n) is 1.57. The summed E-state index contributed by atoms with van der Waals surface area (Å²) in [6, 6.07) is 0. The van der Waals surface area contributed by atoms with E-state index in [1.165, 1.54) is 0 Å². The van der Waals surface area contributed by atoms with Gasteiger partial charge in [-0.3, -0.25) is 0 Å². The summed E-state index contributed by atoms with van der Waals surface area (Å²) in [5.41, 5.74) is 0. The average Bonchev–Trinajstić information content (AvgIpc) is 2.01. The van der Waals surface area contributed by atoms with Gasteiger partial charge in [-0.05, 0) is 27.7 Å². The first-order valence-corrected chi connectivity index (χ1v) is 5.56. The van der Waals surface area contributed by atoms with Crippen LogP contribution in [0, 0.1) is 0 Å². The predicted octanol–water partition coefficient (Wildman–Crippen LogP) is -1.31. The Kier molecular flexibility index (Phi) is 4.84. The van der Waals surface area contributed by atoms with Crippen LogP contribution in [0.3, 0.4) is 0 Å². The Balaban J connectivity index is 3.87. The molecule has 0 spiro atoms. The number of hydrogen-bond acceptors (Lipinski definition) is 4. The molecule has 0 aliphatic rings. The molecule has 0 unspecified atom stereocenters. The van der Waals surface area contributed by atoms with E-state index in [-0.39, 0.29) is 0 Å². The van der Waals surface area contributed by atoms with Gasteiger partial charge in [0.05, 0.1) is 0 Å². The topological polar surface area (TPSA) is 48.1 Å². The maximum absolute atomic E-state index is 3.35. The zero-order valence-corrected chi connectivity index (χ0v) is 8.21. The minimum absolute atomic E-state index is 0.967. The molecule has 5 heteroatoms. The molecule has 0 radical (unpaired) electrons. The lowest BCUT2D eigenvalue weighted by Crippen LogP contribution is -2.78. The van der Waals surface area contributed by atoms with Crippen molar-refractivity contribution in [3.05, 3.63) is 0 Å². The van der Waals surface area contributed by atoms with Gasteiger partial charge < -0.3 is 19.9 Å². The Morgan fingerprint density at radius 2 is 1.40 bits per heavy atom. The molecule has 0 amide bonds. The van der Waals surface area contributed by atoms with Gasteiger partial charge in [0.1, 0.15) is 0 Å². The highest BCUT2D eigenvalue weighted by Crippen LogP contribution is 1.75. The first-order chi connectivity index (χ1) is 4.74. The van der Waals surface area contributed by atoms with Crippen LogP contribution in [0.15, 0.2) is 0 Å². The molecule has 0 rings (SSSR count). The van der Waals surface area contributed by atoms with Gasteiger partial charge in [-0.25, -0.2) is 0 Å². The second kappa shape index (κ2) is 4.81. The van der Waals surface area contributed by atoms with Crippen LogP contribution in [-0.2, 0) is 0 Å². The highest BCUT2D eigenvalue weighted by Gasteiger charge is 2.27. The van der Waals surface area contributed by atoms with Crippen LogP contribution in [0.1, 0.15) is 6.92 Å². The van der Waals surface area contributed by atoms with Crippen LogP contribution in [0.25, 0.3) is 0 Å². The fourth-order valence-electron chi connectivity index (χ4n) is 0.905. The summed E-state index contributed by atoms with van der Waals surface area (Å²) in [6.45, 7) is 3.06. The van der Waals surface area contributed by atoms with Crippen molar-refractivity contribution in [3.8, 4) is 0 Å². The lowest BCUT2D eigenvalue weighted by Gasteiger charge is -2.28. The lowest BCUT2D eigenvalue weighted by atomic mass is 10.8. The SMILES string of the molecule is CCN[Si](NC)(NC)NC. The first kappa shape index (κ1) is 10.1. The van der Waals surface area contributed by atoms with Crippen molar-refractivity contribution < 1.29 is 0 Å². The van der Waals surface area contributed by atoms with Crippen molar-refractivity contribution in [3.63, 3.8) is 0 Å². The average molecular weight is 162 g/mol. The molecular formula is C5H18N4Si. The number of rotatable bonds is 5. The molecular weight excluding hydrogens is 144 g/mol. The van der Waals surface area contributed by atoms with Crippen LogP contribution < -0.4 is 19.9 Å². The fourth-order valence-corrected chi connectivity index (χ4v) is 2.72. The largest absolute Gasteiger partial charge is 0.365 e. The highest BCUT2D eigenvalue weighted by atomic mass is 28.4. The summed E-state index contributed by atoms with van der Waals surface area (Å²) < 4.78 is 0. The smallest absolute Gasteiger partial charge is 0.303 e. The van der Waals surface area contributed by atoms with E-state index in [1.807, 2.05) is 21.1 Å². The van der Waals surface area contributed by atoms with Crippen molar-refractivity contribution in [1.29, 1.82) is 0 Å². The van der Waals surface area contributed by atoms with E-state index in [9.17, 15) is 0 Å². The zero-order chi connectivity index (χ0) is 8.04. The summed E-state index contributed by atoms with van der Waals surface area (Å²) in [4.78, 5) is 13.0. The minimum Gasteiger partial charge on any atom is -0.303 e. The van der Waals surface area contributed by atoms with Gasteiger partial charge in [-0.1, -0.05) is 6.92 Å². The van der Waals surface area contributed by atoms with Gasteiger partial charge in [-0.15, -0.1) is 0 Å². The van der Waals surface area contributed by atoms with Crippen LogP contribution in [-0.4, -0.2) is 36.4 Å². The normalized spacial score (nSPS) is 12.0. The molecule has 0 aromatic heterocycles. The fraction of sp³-hybridized carbons (Fsp3) is 1.00. The van der Waals surface area contributed by atoms with E-state index in [0.29, 0.717) is 0 Å². The van der Waals surface area contributed by atoms with Gasteiger partial charge in [0.15, 0.2) is 0 Å². The van der Waals surface area contributed by atoms with Crippen LogP contribution in [0.2, 0.25) is 0 Å². The quantitative estimate of drug-likeness (QED) is 0.379. The summed E-state index contributed by atoms with van der Waals surface area (Å²) in [5.74, 6) is 0. The third kappa shape index (κ3) is 2.35. The highest BCUT2D eigenvalue weighted by molar-refractivity contribution is 6.69. The van der Waals surface area contributed by atoms with E-state index in [2.05, 4.69) is 26.9 Å². The molecule has 0 aromatic rings. The summed E-state index contributed by atoms with van der Waals surface area (Å²) in [5, 5.41) is 0. The van der Waals surface area contributed by atoms with E-state index in [0.717, 1.165) is 6.54 Å². The van der Waals surface area contributed by atoms with Crippen molar-refractivity contribution in [2.24, 2.45) is 0 Å². The van der Waals surface area contributed by atoms with E-state index >= 15 is 0 Å². The summed E-state index contributed by atoms with van der Waals surface area (Å²) in [6.07, 6.45) is 0. The van der Waals surface area contributed by atoms with Crippen molar-refractivity contribution in [2.45, 2.75) is 6.92 Å². The molecule has 4 N–H and O–H groups in total. The van der Waals surface area contributed by atoms with Crippen molar-refractivity contribution in [1.82, 2.24) is 19.9 Å². The molecule has 10 heavy (non-hydrogen) atoms. The van der Waals surface area contributed by atoms with Crippen LogP contribution >= 0.6 is 0 Å². The molecule has 4 nitrogen and oxygen atoms in total. The first-order valence-electron chi connectivity index (χ1n) is 3.56. The van der Waals surface area contributed by atoms with Crippen LogP contribution in [0.5, 0.6) is 0 Å². The van der Waals surface area contributed by atoms with E-state index in [4.69, 9.17) is 0 Å². The molecule has 0 aliphatic carbocycles. The Morgan fingerprint density at radius 3 is 1.50 bits per heavy atom. The zero-order valence-electron chi connectivity index (χ0n) is 7.21.